The third-order valence-corrected chi connectivity index (χ3v) is 4.88. The molecule has 24 heavy (non-hydrogen) atoms. The number of likely N-dealkylation sites (tertiary alicyclic amines) is 1. The van der Waals surface area contributed by atoms with E-state index in [1.807, 2.05) is 37.3 Å². The lowest BCUT2D eigenvalue weighted by molar-refractivity contribution is -0.137. The summed E-state index contributed by atoms with van der Waals surface area (Å²) < 4.78 is 0. The minimum absolute atomic E-state index is 0.0997. The molecule has 2 aromatic rings. The number of nitrogens with one attached hydrogen (secondary N) is 1. The van der Waals surface area contributed by atoms with Crippen molar-refractivity contribution < 1.29 is 9.59 Å². The van der Waals surface area contributed by atoms with Crippen molar-refractivity contribution >= 4 is 28.4 Å². The molecule has 5 heteroatoms. The van der Waals surface area contributed by atoms with Gasteiger partial charge in [0.05, 0.1) is 11.2 Å². The summed E-state index contributed by atoms with van der Waals surface area (Å²) in [6, 6.07) is 9.38. The van der Waals surface area contributed by atoms with E-state index in [4.69, 9.17) is 0 Å². The topological polar surface area (TPSA) is 62.3 Å². The number of carbonyl (C=O) groups is 2. The maximum Gasteiger partial charge on any atom is 0.247 e. The number of amides is 2. The molecule has 0 unspecified atom stereocenters. The number of aryl methyl sites for hydroxylation is 1. The number of rotatable bonds is 3. The Balaban J connectivity index is 1.57. The summed E-state index contributed by atoms with van der Waals surface area (Å²) in [4.78, 5) is 31.5. The number of nitrogens with zero attached hydrogens (tertiary/aromatic N) is 2. The van der Waals surface area contributed by atoms with Crippen molar-refractivity contribution in [1.29, 1.82) is 0 Å². The highest BCUT2D eigenvalue weighted by molar-refractivity contribution is 6.03. The Labute approximate surface area is 141 Å². The molecule has 2 amide bonds. The van der Waals surface area contributed by atoms with Crippen LogP contribution in [0.5, 0.6) is 0 Å². The summed E-state index contributed by atoms with van der Waals surface area (Å²) in [6.45, 7) is 2.63. The zero-order valence-corrected chi connectivity index (χ0v) is 13.8. The van der Waals surface area contributed by atoms with Gasteiger partial charge in [-0.25, -0.2) is 0 Å². The van der Waals surface area contributed by atoms with Gasteiger partial charge in [-0.05, 0) is 44.7 Å². The lowest BCUT2D eigenvalue weighted by Gasteiger charge is -2.24. The van der Waals surface area contributed by atoms with E-state index in [0.717, 1.165) is 42.3 Å². The Morgan fingerprint density at radius 3 is 2.79 bits per heavy atom. The van der Waals surface area contributed by atoms with Crippen molar-refractivity contribution in [2.45, 2.75) is 38.6 Å². The highest BCUT2D eigenvalue weighted by Gasteiger charge is 2.40. The molecule has 2 fully saturated rings. The summed E-state index contributed by atoms with van der Waals surface area (Å²) >= 11 is 0. The van der Waals surface area contributed by atoms with Gasteiger partial charge in [-0.15, -0.1) is 0 Å². The van der Waals surface area contributed by atoms with Crippen LogP contribution in [0.3, 0.4) is 0 Å². The summed E-state index contributed by atoms with van der Waals surface area (Å²) in [5, 5.41) is 4.00. The summed E-state index contributed by atoms with van der Waals surface area (Å²) in [7, 11) is 0. The fraction of sp³-hybridized carbons (Fsp3) is 0.421. The third-order valence-electron chi connectivity index (χ3n) is 4.88. The first kappa shape index (κ1) is 15.1. The zero-order valence-electron chi connectivity index (χ0n) is 13.8. The quantitative estimate of drug-likeness (QED) is 0.945. The largest absolute Gasteiger partial charge is 0.330 e. The van der Waals surface area contributed by atoms with E-state index in [1.54, 1.807) is 4.90 Å². The van der Waals surface area contributed by atoms with Crippen molar-refractivity contribution in [3.05, 3.63) is 36.0 Å². The second kappa shape index (κ2) is 5.89. The highest BCUT2D eigenvalue weighted by atomic mass is 16.2. The van der Waals surface area contributed by atoms with Gasteiger partial charge in [0, 0.05) is 23.5 Å². The van der Waals surface area contributed by atoms with Crippen LogP contribution in [0.15, 0.2) is 30.3 Å². The number of hydrogen-bond donors (Lipinski definition) is 1. The Hall–Kier alpha value is -2.43. The number of hydrogen-bond acceptors (Lipinski definition) is 3. The van der Waals surface area contributed by atoms with Gasteiger partial charge in [-0.1, -0.05) is 18.2 Å². The molecular formula is C19H21N3O2. The molecule has 0 bridgehead atoms. The average Bonchev–Trinajstić information content (AvgIpc) is 3.31. The molecule has 1 aliphatic heterocycles. The smallest absolute Gasteiger partial charge is 0.247 e. The fourth-order valence-electron chi connectivity index (χ4n) is 3.43. The third kappa shape index (κ3) is 2.75. The Morgan fingerprint density at radius 1 is 1.17 bits per heavy atom. The van der Waals surface area contributed by atoms with Crippen LogP contribution in [0, 0.1) is 12.8 Å². The van der Waals surface area contributed by atoms with E-state index in [2.05, 4.69) is 10.3 Å². The Bertz CT molecular complexity index is 813. The second-order valence-electron chi connectivity index (χ2n) is 6.78. The number of aromatic nitrogens is 1. The molecule has 0 spiro atoms. The Kier molecular flexibility index (Phi) is 3.71. The van der Waals surface area contributed by atoms with Crippen LogP contribution >= 0.6 is 0 Å². The van der Waals surface area contributed by atoms with E-state index in [1.165, 1.54) is 0 Å². The number of para-hydroxylation sites is 1. The predicted octanol–water partition coefficient (Wildman–Crippen LogP) is 2.88. The summed E-state index contributed by atoms with van der Waals surface area (Å²) in [5.74, 6) is 0.206. The number of pyridine rings is 1. The molecule has 1 saturated carbocycles. The van der Waals surface area contributed by atoms with Gasteiger partial charge in [0.15, 0.2) is 0 Å². The maximum atomic E-state index is 12.8. The maximum absolute atomic E-state index is 12.8. The standard InChI is InChI=1S/C19H21N3O2/c1-12-7-8-13-4-2-5-15(17(13)20-12)21-18(23)16-6-3-11-22(16)19(24)14-9-10-14/h2,4-5,7-8,14,16H,3,6,9-11H2,1H3,(H,21,23)/t16-/m1/s1. The van der Waals surface area contributed by atoms with E-state index in [0.29, 0.717) is 12.2 Å². The van der Waals surface area contributed by atoms with Crippen molar-refractivity contribution in [2.24, 2.45) is 5.92 Å². The normalized spacial score (nSPS) is 20.4. The predicted molar refractivity (Wildman–Crippen MR) is 92.6 cm³/mol. The summed E-state index contributed by atoms with van der Waals surface area (Å²) in [6.07, 6.45) is 3.57. The average molecular weight is 323 g/mol. The molecule has 1 aromatic heterocycles. The monoisotopic (exact) mass is 323 g/mol. The van der Waals surface area contributed by atoms with Crippen LogP contribution in [-0.2, 0) is 9.59 Å². The van der Waals surface area contributed by atoms with E-state index >= 15 is 0 Å². The van der Waals surface area contributed by atoms with Crippen LogP contribution in [0.1, 0.15) is 31.4 Å². The fourth-order valence-corrected chi connectivity index (χ4v) is 3.43. The molecule has 1 atom stereocenters. The lowest BCUT2D eigenvalue weighted by atomic mass is 10.1. The van der Waals surface area contributed by atoms with Gasteiger partial charge in [-0.2, -0.15) is 0 Å². The number of carbonyl (C=O) groups excluding carboxylic acids is 2. The molecule has 1 N–H and O–H groups in total. The number of anilines is 1. The van der Waals surface area contributed by atoms with Crippen LogP contribution in [0.4, 0.5) is 5.69 Å². The first-order valence-electron chi connectivity index (χ1n) is 8.61. The van der Waals surface area contributed by atoms with Gasteiger partial charge in [0.25, 0.3) is 0 Å². The molecular weight excluding hydrogens is 302 g/mol. The second-order valence-corrected chi connectivity index (χ2v) is 6.78. The molecule has 124 valence electrons. The van der Waals surface area contributed by atoms with Crippen molar-refractivity contribution in [1.82, 2.24) is 9.88 Å². The van der Waals surface area contributed by atoms with Crippen LogP contribution < -0.4 is 5.32 Å². The molecule has 5 nitrogen and oxygen atoms in total. The lowest BCUT2D eigenvalue weighted by Crippen LogP contribution is -2.43. The van der Waals surface area contributed by atoms with Crippen LogP contribution in [-0.4, -0.2) is 34.3 Å². The van der Waals surface area contributed by atoms with Crippen LogP contribution in [0.2, 0.25) is 0 Å². The van der Waals surface area contributed by atoms with Crippen molar-refractivity contribution in [3.63, 3.8) is 0 Å². The first-order chi connectivity index (χ1) is 11.6. The van der Waals surface area contributed by atoms with Gasteiger partial charge < -0.3 is 10.2 Å². The van der Waals surface area contributed by atoms with Gasteiger partial charge in [0.2, 0.25) is 11.8 Å². The summed E-state index contributed by atoms with van der Waals surface area (Å²) in [5.41, 5.74) is 2.42. The molecule has 1 aromatic carbocycles. The molecule has 1 saturated heterocycles. The minimum Gasteiger partial charge on any atom is -0.330 e. The van der Waals surface area contributed by atoms with Gasteiger partial charge in [-0.3, -0.25) is 14.6 Å². The van der Waals surface area contributed by atoms with E-state index < -0.39 is 0 Å². The molecule has 1 aliphatic carbocycles. The number of benzene rings is 1. The number of fused-ring (bicyclic) bond motifs is 1. The molecule has 4 rings (SSSR count). The highest BCUT2D eigenvalue weighted by Crippen LogP contribution is 2.34. The van der Waals surface area contributed by atoms with Crippen molar-refractivity contribution in [3.8, 4) is 0 Å². The van der Waals surface area contributed by atoms with E-state index in [-0.39, 0.29) is 23.8 Å². The Morgan fingerprint density at radius 2 is 2.00 bits per heavy atom. The van der Waals surface area contributed by atoms with Crippen molar-refractivity contribution in [2.75, 3.05) is 11.9 Å². The minimum atomic E-state index is -0.349. The molecule has 0 radical (unpaired) electrons. The van der Waals surface area contributed by atoms with Crippen LogP contribution in [0.25, 0.3) is 10.9 Å². The zero-order chi connectivity index (χ0) is 16.7. The molecule has 2 aliphatic rings. The van der Waals surface area contributed by atoms with Gasteiger partial charge in [0.1, 0.15) is 6.04 Å². The SMILES string of the molecule is Cc1ccc2cccc(NC(=O)[C@H]3CCCN3C(=O)C3CC3)c2n1. The van der Waals surface area contributed by atoms with Gasteiger partial charge >= 0.3 is 0 Å². The van der Waals surface area contributed by atoms with E-state index in [9.17, 15) is 9.59 Å². The molecule has 2 heterocycles. The first-order valence-corrected chi connectivity index (χ1v) is 8.61.